The molecule has 0 bridgehead atoms. The summed E-state index contributed by atoms with van der Waals surface area (Å²) in [7, 11) is 0. The van der Waals surface area contributed by atoms with Crippen LogP contribution in [0.4, 0.5) is 13.2 Å². The van der Waals surface area contributed by atoms with Gasteiger partial charge < -0.3 is 10.6 Å². The smallest absolute Gasteiger partial charge is 0.475 e. The second-order valence-electron chi connectivity index (χ2n) is 3.68. The number of carbonyl (C=O) groups is 1. The molecule has 0 saturated heterocycles. The van der Waals surface area contributed by atoms with E-state index >= 15 is 0 Å². The maximum Gasteiger partial charge on any atom is 0.490 e. The molecule has 1 aromatic carbocycles. The second-order valence-corrected chi connectivity index (χ2v) is 3.68. The molecule has 0 saturated carbocycles. The lowest BCUT2D eigenvalue weighted by molar-refractivity contribution is -0.192. The number of carboxylic acid groups (broad SMARTS) is 1. The van der Waals surface area contributed by atoms with Crippen molar-refractivity contribution in [3.05, 3.63) is 54.2 Å². The molecule has 0 aliphatic rings. The number of alkyl halides is 3. The summed E-state index contributed by atoms with van der Waals surface area (Å²) in [5.41, 5.74) is 2.33. The number of pyridine rings is 1. The molecule has 0 radical (unpaired) electrons. The molecule has 5 nitrogen and oxygen atoms in total. The predicted molar refractivity (Wildman–Crippen MR) is 71.7 cm³/mol. The summed E-state index contributed by atoms with van der Waals surface area (Å²) in [5, 5.41) is 16.0. The number of aromatic nitrogens is 1. The molecule has 2 rings (SSSR count). The van der Waals surface area contributed by atoms with Gasteiger partial charge in [-0.05, 0) is 12.1 Å². The van der Waals surface area contributed by atoms with Crippen molar-refractivity contribution in [2.45, 2.75) is 6.18 Å². The van der Waals surface area contributed by atoms with Crippen LogP contribution in [-0.4, -0.2) is 27.7 Å². The van der Waals surface area contributed by atoms with Gasteiger partial charge in [-0.1, -0.05) is 30.3 Å². The van der Waals surface area contributed by atoms with E-state index < -0.39 is 12.1 Å². The number of nitrogens with zero attached hydrogens (tertiary/aromatic N) is 2. The van der Waals surface area contributed by atoms with Crippen molar-refractivity contribution in [3.63, 3.8) is 0 Å². The molecule has 22 heavy (non-hydrogen) atoms. The zero-order chi connectivity index (χ0) is 15.9. The minimum Gasteiger partial charge on any atom is -0.475 e. The highest BCUT2D eigenvalue weighted by Crippen LogP contribution is 2.19. The van der Waals surface area contributed by atoms with Crippen LogP contribution in [-0.2, 0) is 4.79 Å². The van der Waals surface area contributed by atoms with Crippen molar-refractivity contribution in [1.82, 2.24) is 4.98 Å². The third-order valence-electron chi connectivity index (χ3n) is 2.22. The van der Waals surface area contributed by atoms with Gasteiger partial charge in [-0.15, -0.1) is 0 Å². The van der Waals surface area contributed by atoms with Crippen molar-refractivity contribution in [2.75, 3.05) is 0 Å². The number of hydrogen-bond donors (Lipinski definition) is 1. The molecule has 0 aliphatic heterocycles. The molecule has 116 valence electrons. The first-order chi connectivity index (χ1) is 9.86. The molecule has 2 aromatic rings. The summed E-state index contributed by atoms with van der Waals surface area (Å²) >= 11 is 0. The normalized spacial score (nSPS) is 9.55. The number of hydrogen-bond acceptors (Lipinski definition) is 3. The Labute approximate surface area is 123 Å². The van der Waals surface area contributed by atoms with Gasteiger partial charge in [0.2, 0.25) is 0 Å². The van der Waals surface area contributed by atoms with Crippen molar-refractivity contribution >= 4 is 5.97 Å². The highest BCUT2D eigenvalue weighted by Gasteiger charge is 2.38. The molecular formula is C14H11F3N2O3. The molecule has 0 unspecified atom stereocenters. The van der Waals surface area contributed by atoms with E-state index in [2.05, 4.69) is 11.1 Å². The zero-order valence-electron chi connectivity index (χ0n) is 11.0. The number of halogens is 3. The average Bonchev–Trinajstić information content (AvgIpc) is 2.48. The van der Waals surface area contributed by atoms with Gasteiger partial charge in [-0.2, -0.15) is 18.4 Å². The van der Waals surface area contributed by atoms with Gasteiger partial charge in [-0.25, -0.2) is 4.79 Å². The van der Waals surface area contributed by atoms with Gasteiger partial charge in [-0.3, -0.25) is 4.98 Å². The average molecular weight is 312 g/mol. The third-order valence-corrected chi connectivity index (χ3v) is 2.22. The van der Waals surface area contributed by atoms with Crippen LogP contribution in [0.15, 0.2) is 48.7 Å². The molecule has 3 N–H and O–H groups in total. The van der Waals surface area contributed by atoms with Gasteiger partial charge in [0.15, 0.2) is 0 Å². The highest BCUT2D eigenvalue weighted by atomic mass is 19.4. The molecule has 1 aromatic heterocycles. The van der Waals surface area contributed by atoms with Crippen molar-refractivity contribution < 1.29 is 28.5 Å². The van der Waals surface area contributed by atoms with Crippen molar-refractivity contribution in [2.24, 2.45) is 0 Å². The first-order valence-corrected chi connectivity index (χ1v) is 5.57. The van der Waals surface area contributed by atoms with E-state index in [1.54, 1.807) is 18.3 Å². The fourth-order valence-electron chi connectivity index (χ4n) is 1.32. The quantitative estimate of drug-likeness (QED) is 0.872. The molecule has 0 spiro atoms. The van der Waals surface area contributed by atoms with E-state index in [1.807, 2.05) is 30.3 Å². The van der Waals surface area contributed by atoms with Crippen LogP contribution in [0.25, 0.3) is 11.3 Å². The van der Waals surface area contributed by atoms with Crippen LogP contribution in [0.1, 0.15) is 5.56 Å². The molecule has 0 amide bonds. The number of benzene rings is 1. The lowest BCUT2D eigenvalue weighted by Gasteiger charge is -2.01. The maximum atomic E-state index is 10.6. The van der Waals surface area contributed by atoms with Gasteiger partial charge in [0, 0.05) is 11.8 Å². The third kappa shape index (κ3) is 5.60. The van der Waals surface area contributed by atoms with E-state index in [1.165, 1.54) is 0 Å². The number of carboxylic acids is 1. The molecule has 0 atom stereocenters. The fourth-order valence-corrected chi connectivity index (χ4v) is 1.32. The van der Waals surface area contributed by atoms with E-state index in [9.17, 15) is 13.2 Å². The minimum atomic E-state index is -5.08. The Morgan fingerprint density at radius 1 is 1.14 bits per heavy atom. The van der Waals surface area contributed by atoms with Crippen molar-refractivity contribution in [1.29, 1.82) is 5.26 Å². The lowest BCUT2D eigenvalue weighted by Crippen LogP contribution is -2.21. The summed E-state index contributed by atoms with van der Waals surface area (Å²) in [4.78, 5) is 13.1. The SMILES string of the molecule is N#Cc1cccnc1-c1ccccc1.O.O=C(O)C(F)(F)F. The fraction of sp³-hybridized carbons (Fsp3) is 0.0714. The van der Waals surface area contributed by atoms with Crippen LogP contribution in [0, 0.1) is 11.3 Å². The van der Waals surface area contributed by atoms with Crippen LogP contribution in [0.3, 0.4) is 0 Å². The van der Waals surface area contributed by atoms with Crippen LogP contribution < -0.4 is 0 Å². The second kappa shape index (κ2) is 8.39. The zero-order valence-corrected chi connectivity index (χ0v) is 11.0. The van der Waals surface area contributed by atoms with E-state index in [0.717, 1.165) is 11.3 Å². The largest absolute Gasteiger partial charge is 0.490 e. The molecule has 8 heteroatoms. The van der Waals surface area contributed by atoms with Gasteiger partial charge in [0.1, 0.15) is 6.07 Å². The lowest BCUT2D eigenvalue weighted by atomic mass is 10.1. The number of nitriles is 1. The molecular weight excluding hydrogens is 301 g/mol. The Bertz CT molecular complexity index is 652. The Hall–Kier alpha value is -2.92. The van der Waals surface area contributed by atoms with Gasteiger partial charge in [0.05, 0.1) is 11.3 Å². The van der Waals surface area contributed by atoms with Crippen LogP contribution in [0.2, 0.25) is 0 Å². The standard InChI is InChI=1S/C12H8N2.C2HF3O2.H2O/c13-9-11-7-4-8-14-12(11)10-5-2-1-3-6-10;3-2(4,5)1(6)7;/h1-8H;(H,6,7);1H2. The van der Waals surface area contributed by atoms with Crippen LogP contribution >= 0.6 is 0 Å². The minimum absolute atomic E-state index is 0. The number of rotatable bonds is 1. The summed E-state index contributed by atoms with van der Waals surface area (Å²) in [6.07, 6.45) is -3.39. The van der Waals surface area contributed by atoms with Gasteiger partial charge >= 0.3 is 12.1 Å². The maximum absolute atomic E-state index is 10.6. The van der Waals surface area contributed by atoms with E-state index in [4.69, 9.17) is 15.2 Å². The van der Waals surface area contributed by atoms with Gasteiger partial charge in [0.25, 0.3) is 0 Å². The Morgan fingerprint density at radius 2 is 1.68 bits per heavy atom. The Kier molecular flexibility index (Phi) is 7.27. The summed E-state index contributed by atoms with van der Waals surface area (Å²) < 4.78 is 31.7. The van der Waals surface area contributed by atoms with Crippen molar-refractivity contribution in [3.8, 4) is 17.3 Å². The summed E-state index contributed by atoms with van der Waals surface area (Å²) in [6.45, 7) is 0. The van der Waals surface area contributed by atoms with E-state index in [0.29, 0.717) is 5.56 Å². The van der Waals surface area contributed by atoms with E-state index in [-0.39, 0.29) is 5.48 Å². The summed E-state index contributed by atoms with van der Waals surface area (Å²) in [5.74, 6) is -2.76. The first-order valence-electron chi connectivity index (χ1n) is 5.57. The first kappa shape index (κ1) is 19.1. The number of aliphatic carboxylic acids is 1. The highest BCUT2D eigenvalue weighted by molar-refractivity contribution is 5.73. The predicted octanol–water partition coefficient (Wildman–Crippen LogP) is 2.43. The summed E-state index contributed by atoms with van der Waals surface area (Å²) in [6, 6.07) is 15.4. The topological polar surface area (TPSA) is 105 Å². The molecule has 0 aliphatic carbocycles. The Morgan fingerprint density at radius 3 is 2.14 bits per heavy atom. The Balaban J connectivity index is 0.000000478. The monoisotopic (exact) mass is 312 g/mol. The van der Waals surface area contributed by atoms with Crippen LogP contribution in [0.5, 0.6) is 0 Å². The molecule has 1 heterocycles. The molecule has 0 fully saturated rings.